The maximum atomic E-state index is 13.5. The smallest absolute Gasteiger partial charge is 0.198 e. The Labute approximate surface area is 122 Å². The molecule has 4 heteroatoms. The van der Waals surface area contributed by atoms with Gasteiger partial charge in [-0.25, -0.2) is 8.78 Å². The van der Waals surface area contributed by atoms with Crippen molar-refractivity contribution in [1.29, 1.82) is 0 Å². The van der Waals surface area contributed by atoms with Crippen LogP contribution in [0.4, 0.5) is 8.78 Å². The molecule has 0 aromatic heterocycles. The Morgan fingerprint density at radius 1 is 1.00 bits per heavy atom. The van der Waals surface area contributed by atoms with Gasteiger partial charge in [-0.2, -0.15) is 0 Å². The summed E-state index contributed by atoms with van der Waals surface area (Å²) in [6.45, 7) is 6.15. The number of hydrogen-bond donors (Lipinski definition) is 0. The lowest BCUT2D eigenvalue weighted by molar-refractivity contribution is 0.407. The molecule has 2 aromatic rings. The van der Waals surface area contributed by atoms with Gasteiger partial charge in [-0.05, 0) is 35.2 Å². The van der Waals surface area contributed by atoms with Crippen LogP contribution in [0.15, 0.2) is 36.4 Å². The van der Waals surface area contributed by atoms with Gasteiger partial charge in [-0.3, -0.25) is 0 Å². The fraction of sp³-hybridized carbons (Fsp3) is 0.250. The highest BCUT2D eigenvalue weighted by molar-refractivity contribution is 6.32. The molecule has 0 radical (unpaired) electrons. The normalized spacial score (nSPS) is 11.5. The van der Waals surface area contributed by atoms with Gasteiger partial charge >= 0.3 is 0 Å². The van der Waals surface area contributed by atoms with Crippen LogP contribution in [0.5, 0.6) is 11.5 Å². The molecule has 0 bridgehead atoms. The van der Waals surface area contributed by atoms with Crippen molar-refractivity contribution >= 4 is 11.6 Å². The molecule has 0 spiro atoms. The van der Waals surface area contributed by atoms with E-state index in [2.05, 4.69) is 20.8 Å². The molecule has 20 heavy (non-hydrogen) atoms. The van der Waals surface area contributed by atoms with E-state index in [0.717, 1.165) is 17.7 Å². The monoisotopic (exact) mass is 296 g/mol. The predicted octanol–water partition coefficient (Wildman–Crippen LogP) is 5.71. The molecular weight excluding hydrogens is 282 g/mol. The molecule has 0 aliphatic heterocycles. The van der Waals surface area contributed by atoms with Crippen LogP contribution in [-0.2, 0) is 5.41 Å². The predicted molar refractivity (Wildman–Crippen MR) is 76.6 cm³/mol. The first kappa shape index (κ1) is 14.8. The molecule has 0 aliphatic rings. The molecule has 0 saturated carbocycles. The number of ether oxygens (including phenoxy) is 1. The quantitative estimate of drug-likeness (QED) is 0.690. The molecule has 0 aliphatic carbocycles. The Bertz CT molecular complexity index is 613. The minimum atomic E-state index is -0.763. The summed E-state index contributed by atoms with van der Waals surface area (Å²) in [6.07, 6.45) is 0. The van der Waals surface area contributed by atoms with Crippen molar-refractivity contribution in [2.75, 3.05) is 0 Å². The van der Waals surface area contributed by atoms with Gasteiger partial charge in [0.2, 0.25) is 0 Å². The molecule has 2 aromatic carbocycles. The van der Waals surface area contributed by atoms with Crippen molar-refractivity contribution < 1.29 is 13.5 Å². The SMILES string of the molecule is CC(C)(C)c1ccc(Oc2c(F)cccc2F)c(Cl)c1. The zero-order valence-electron chi connectivity index (χ0n) is 11.5. The summed E-state index contributed by atoms with van der Waals surface area (Å²) < 4.78 is 32.3. The van der Waals surface area contributed by atoms with Gasteiger partial charge in [0.15, 0.2) is 17.4 Å². The fourth-order valence-electron chi connectivity index (χ4n) is 1.74. The van der Waals surface area contributed by atoms with E-state index in [1.165, 1.54) is 6.07 Å². The van der Waals surface area contributed by atoms with Gasteiger partial charge < -0.3 is 4.74 Å². The van der Waals surface area contributed by atoms with Crippen molar-refractivity contribution in [1.82, 2.24) is 0 Å². The van der Waals surface area contributed by atoms with Crippen molar-refractivity contribution in [3.8, 4) is 11.5 Å². The van der Waals surface area contributed by atoms with E-state index in [1.807, 2.05) is 6.07 Å². The lowest BCUT2D eigenvalue weighted by Crippen LogP contribution is -2.10. The van der Waals surface area contributed by atoms with Crippen molar-refractivity contribution in [3.63, 3.8) is 0 Å². The van der Waals surface area contributed by atoms with Crippen LogP contribution in [0, 0.1) is 11.6 Å². The zero-order chi connectivity index (χ0) is 14.9. The van der Waals surface area contributed by atoms with E-state index in [9.17, 15) is 8.78 Å². The first-order chi connectivity index (χ1) is 9.29. The molecule has 0 amide bonds. The summed E-state index contributed by atoms with van der Waals surface area (Å²) in [7, 11) is 0. The summed E-state index contributed by atoms with van der Waals surface area (Å²) >= 11 is 6.12. The summed E-state index contributed by atoms with van der Waals surface area (Å²) in [5, 5.41) is 0.320. The summed E-state index contributed by atoms with van der Waals surface area (Å²) in [5.41, 5.74) is 0.953. The van der Waals surface area contributed by atoms with E-state index in [1.54, 1.807) is 12.1 Å². The van der Waals surface area contributed by atoms with E-state index in [-0.39, 0.29) is 11.2 Å². The highest BCUT2D eigenvalue weighted by Crippen LogP contribution is 2.35. The van der Waals surface area contributed by atoms with Gasteiger partial charge in [0.05, 0.1) is 5.02 Å². The fourth-order valence-corrected chi connectivity index (χ4v) is 1.96. The van der Waals surface area contributed by atoms with Crippen LogP contribution in [0.2, 0.25) is 5.02 Å². The third-order valence-corrected chi connectivity index (χ3v) is 3.22. The maximum absolute atomic E-state index is 13.5. The van der Waals surface area contributed by atoms with Crippen LogP contribution in [0.25, 0.3) is 0 Å². The molecule has 0 N–H and O–H groups in total. The minimum absolute atomic E-state index is 0.0641. The largest absolute Gasteiger partial charge is 0.450 e. The summed E-state index contributed by atoms with van der Waals surface area (Å²) in [4.78, 5) is 0. The summed E-state index contributed by atoms with van der Waals surface area (Å²) in [5.74, 6) is -1.75. The van der Waals surface area contributed by atoms with E-state index < -0.39 is 17.4 Å². The number of para-hydroxylation sites is 1. The topological polar surface area (TPSA) is 9.23 Å². The van der Waals surface area contributed by atoms with Crippen LogP contribution in [-0.4, -0.2) is 0 Å². The minimum Gasteiger partial charge on any atom is -0.450 e. The van der Waals surface area contributed by atoms with Crippen LogP contribution >= 0.6 is 11.6 Å². The van der Waals surface area contributed by atoms with Crippen molar-refractivity contribution in [2.45, 2.75) is 26.2 Å². The Morgan fingerprint density at radius 2 is 1.60 bits per heavy atom. The van der Waals surface area contributed by atoms with Gasteiger partial charge in [-0.1, -0.05) is 44.5 Å². The first-order valence-electron chi connectivity index (χ1n) is 6.21. The second kappa shape index (κ2) is 5.41. The number of benzene rings is 2. The van der Waals surface area contributed by atoms with E-state index in [0.29, 0.717) is 5.02 Å². The lowest BCUT2D eigenvalue weighted by atomic mass is 9.87. The van der Waals surface area contributed by atoms with Crippen molar-refractivity contribution in [2.24, 2.45) is 0 Å². The molecule has 2 rings (SSSR count). The molecule has 0 heterocycles. The maximum Gasteiger partial charge on any atom is 0.198 e. The Kier molecular flexibility index (Phi) is 4.00. The first-order valence-corrected chi connectivity index (χ1v) is 6.59. The number of hydrogen-bond acceptors (Lipinski definition) is 1. The average molecular weight is 297 g/mol. The standard InChI is InChI=1S/C16H15ClF2O/c1-16(2,3)10-7-8-14(11(17)9-10)20-15-12(18)5-4-6-13(15)19/h4-9H,1-3H3. The average Bonchev–Trinajstić information content (AvgIpc) is 2.34. The molecule has 0 fully saturated rings. The highest BCUT2D eigenvalue weighted by atomic mass is 35.5. The van der Waals surface area contributed by atoms with Gasteiger partial charge in [0, 0.05) is 0 Å². The molecule has 1 nitrogen and oxygen atoms in total. The highest BCUT2D eigenvalue weighted by Gasteiger charge is 2.17. The van der Waals surface area contributed by atoms with Gasteiger partial charge in [0.25, 0.3) is 0 Å². The third-order valence-electron chi connectivity index (χ3n) is 2.93. The second-order valence-corrected chi connectivity index (χ2v) is 5.96. The Balaban J connectivity index is 2.36. The third kappa shape index (κ3) is 3.10. The van der Waals surface area contributed by atoms with Gasteiger partial charge in [0.1, 0.15) is 5.75 Å². The van der Waals surface area contributed by atoms with Crippen LogP contribution in [0.1, 0.15) is 26.3 Å². The Morgan fingerprint density at radius 3 is 2.10 bits per heavy atom. The Hall–Kier alpha value is -1.61. The summed E-state index contributed by atoms with van der Waals surface area (Å²) in [6, 6.07) is 8.75. The molecule has 106 valence electrons. The van der Waals surface area contributed by atoms with E-state index >= 15 is 0 Å². The van der Waals surface area contributed by atoms with Crippen molar-refractivity contribution in [3.05, 3.63) is 58.6 Å². The molecule has 0 atom stereocenters. The second-order valence-electron chi connectivity index (χ2n) is 5.55. The number of halogens is 3. The van der Waals surface area contributed by atoms with E-state index in [4.69, 9.17) is 16.3 Å². The molecule has 0 unspecified atom stereocenters. The zero-order valence-corrected chi connectivity index (χ0v) is 12.3. The lowest BCUT2D eigenvalue weighted by Gasteiger charge is -2.20. The van der Waals surface area contributed by atoms with Crippen LogP contribution < -0.4 is 4.74 Å². The molecule has 0 saturated heterocycles. The van der Waals surface area contributed by atoms with Gasteiger partial charge in [-0.15, -0.1) is 0 Å². The van der Waals surface area contributed by atoms with Crippen LogP contribution in [0.3, 0.4) is 0 Å². The molecular formula is C16H15ClF2O. The number of rotatable bonds is 2.